The maximum absolute atomic E-state index is 6.16. The molecule has 0 fully saturated rings. The quantitative estimate of drug-likeness (QED) is 0.745. The van der Waals surface area contributed by atoms with Crippen LogP contribution in [0.1, 0.15) is 32.4 Å². The van der Waals surface area contributed by atoms with Crippen LogP contribution in [0.15, 0.2) is 60.7 Å². The largest absolute Gasteiger partial charge is 0.485 e. The first kappa shape index (κ1) is 12.7. The molecule has 0 aliphatic heterocycles. The van der Waals surface area contributed by atoms with Crippen molar-refractivity contribution >= 4 is 0 Å². The summed E-state index contributed by atoms with van der Waals surface area (Å²) in [5, 5.41) is 0. The van der Waals surface area contributed by atoms with Gasteiger partial charge in [-0.25, -0.2) is 0 Å². The van der Waals surface area contributed by atoms with Gasteiger partial charge in [0.05, 0.1) is 0 Å². The Bertz CT molecular complexity index is 468. The van der Waals surface area contributed by atoms with Crippen molar-refractivity contribution in [3.8, 4) is 5.75 Å². The van der Waals surface area contributed by atoms with Gasteiger partial charge in [-0.2, -0.15) is 0 Å². The molecule has 0 aliphatic rings. The van der Waals surface area contributed by atoms with Crippen LogP contribution in [0.25, 0.3) is 0 Å². The summed E-state index contributed by atoms with van der Waals surface area (Å²) in [5.41, 5.74) is 1.27. The Morgan fingerprint density at radius 3 is 1.78 bits per heavy atom. The first-order chi connectivity index (χ1) is 8.57. The fraction of sp³-hybridized carbons (Fsp3) is 0.294. The molecule has 0 heterocycles. The van der Waals surface area contributed by atoms with Gasteiger partial charge in [-0.15, -0.1) is 0 Å². The number of hydrogen-bond acceptors (Lipinski definition) is 1. The van der Waals surface area contributed by atoms with Gasteiger partial charge in [0.25, 0.3) is 0 Å². The highest BCUT2D eigenvalue weighted by Gasteiger charge is 2.28. The summed E-state index contributed by atoms with van der Waals surface area (Å²) in [6.45, 7) is 6.61. The van der Waals surface area contributed by atoms with Gasteiger partial charge in [0.1, 0.15) is 11.9 Å². The topological polar surface area (TPSA) is 9.23 Å². The molecule has 1 heteroatoms. The van der Waals surface area contributed by atoms with E-state index in [0.717, 1.165) is 5.75 Å². The third kappa shape index (κ3) is 3.13. The highest BCUT2D eigenvalue weighted by Crippen LogP contribution is 2.36. The summed E-state index contributed by atoms with van der Waals surface area (Å²) >= 11 is 0. The van der Waals surface area contributed by atoms with Crippen molar-refractivity contribution in [3.63, 3.8) is 0 Å². The molecule has 18 heavy (non-hydrogen) atoms. The Balaban J connectivity index is 2.28. The third-order valence-corrected chi connectivity index (χ3v) is 2.89. The summed E-state index contributed by atoms with van der Waals surface area (Å²) in [4.78, 5) is 0. The summed E-state index contributed by atoms with van der Waals surface area (Å²) in [6.07, 6.45) is 0.0566. The molecule has 1 nitrogen and oxygen atoms in total. The molecular formula is C17H20O. The van der Waals surface area contributed by atoms with Crippen LogP contribution in [0, 0.1) is 5.41 Å². The number of para-hydroxylation sites is 1. The van der Waals surface area contributed by atoms with Crippen LogP contribution in [0.4, 0.5) is 0 Å². The summed E-state index contributed by atoms with van der Waals surface area (Å²) in [7, 11) is 0. The third-order valence-electron chi connectivity index (χ3n) is 2.89. The monoisotopic (exact) mass is 240 g/mol. The van der Waals surface area contributed by atoms with Gasteiger partial charge < -0.3 is 4.74 Å². The number of ether oxygens (including phenoxy) is 1. The zero-order valence-electron chi connectivity index (χ0n) is 11.3. The zero-order chi connectivity index (χ0) is 13.0. The lowest BCUT2D eigenvalue weighted by Gasteiger charge is -2.31. The van der Waals surface area contributed by atoms with E-state index in [9.17, 15) is 0 Å². The SMILES string of the molecule is CC(C)(C)C(Oc1ccccc1)c1ccccc1. The molecular weight excluding hydrogens is 220 g/mol. The minimum atomic E-state index is 0.0528. The van der Waals surface area contributed by atoms with Gasteiger partial charge in [0, 0.05) is 5.41 Å². The van der Waals surface area contributed by atoms with E-state index in [-0.39, 0.29) is 11.5 Å². The molecule has 0 radical (unpaired) electrons. The second kappa shape index (κ2) is 5.26. The number of hydrogen-bond donors (Lipinski definition) is 0. The van der Waals surface area contributed by atoms with Gasteiger partial charge >= 0.3 is 0 Å². The van der Waals surface area contributed by atoms with Crippen molar-refractivity contribution in [2.75, 3.05) is 0 Å². The molecule has 0 saturated heterocycles. The second-order valence-electron chi connectivity index (χ2n) is 5.59. The Morgan fingerprint density at radius 2 is 1.28 bits per heavy atom. The average molecular weight is 240 g/mol. The Morgan fingerprint density at radius 1 is 0.778 bits per heavy atom. The molecule has 2 rings (SSSR count). The van der Waals surface area contributed by atoms with Crippen LogP contribution < -0.4 is 4.74 Å². The lowest BCUT2D eigenvalue weighted by atomic mass is 9.84. The lowest BCUT2D eigenvalue weighted by molar-refractivity contribution is 0.0868. The van der Waals surface area contributed by atoms with E-state index in [4.69, 9.17) is 4.74 Å². The van der Waals surface area contributed by atoms with Crippen molar-refractivity contribution in [2.24, 2.45) is 5.41 Å². The van der Waals surface area contributed by atoms with Crippen LogP contribution in [-0.4, -0.2) is 0 Å². The number of rotatable bonds is 3. The average Bonchev–Trinajstić information content (AvgIpc) is 2.37. The smallest absolute Gasteiger partial charge is 0.128 e. The fourth-order valence-electron chi connectivity index (χ4n) is 2.01. The van der Waals surface area contributed by atoms with Crippen LogP contribution in [0.5, 0.6) is 5.75 Å². The van der Waals surface area contributed by atoms with Gasteiger partial charge in [-0.3, -0.25) is 0 Å². The molecule has 0 aromatic heterocycles. The molecule has 2 aromatic rings. The van der Waals surface area contributed by atoms with E-state index in [1.54, 1.807) is 0 Å². The van der Waals surface area contributed by atoms with Crippen LogP contribution in [-0.2, 0) is 0 Å². The van der Waals surface area contributed by atoms with Crippen molar-refractivity contribution in [2.45, 2.75) is 26.9 Å². The highest BCUT2D eigenvalue weighted by molar-refractivity contribution is 5.25. The predicted molar refractivity (Wildman–Crippen MR) is 75.7 cm³/mol. The van der Waals surface area contributed by atoms with E-state index >= 15 is 0 Å². The minimum Gasteiger partial charge on any atom is -0.485 e. The van der Waals surface area contributed by atoms with Gasteiger partial charge in [-0.1, -0.05) is 69.3 Å². The molecule has 0 aliphatic carbocycles. The van der Waals surface area contributed by atoms with Crippen LogP contribution in [0.2, 0.25) is 0 Å². The summed E-state index contributed by atoms with van der Waals surface area (Å²) in [6, 6.07) is 20.4. The van der Waals surface area contributed by atoms with E-state index in [2.05, 4.69) is 45.0 Å². The molecule has 0 N–H and O–H groups in total. The van der Waals surface area contributed by atoms with Crippen molar-refractivity contribution in [1.82, 2.24) is 0 Å². The second-order valence-corrected chi connectivity index (χ2v) is 5.59. The summed E-state index contributed by atoms with van der Waals surface area (Å²) < 4.78 is 6.16. The van der Waals surface area contributed by atoms with Crippen molar-refractivity contribution < 1.29 is 4.74 Å². The molecule has 0 spiro atoms. The van der Waals surface area contributed by atoms with Crippen molar-refractivity contribution in [1.29, 1.82) is 0 Å². The number of benzene rings is 2. The first-order valence-electron chi connectivity index (χ1n) is 6.34. The standard InChI is InChI=1S/C17H20O/c1-17(2,3)16(14-10-6-4-7-11-14)18-15-12-8-5-9-13-15/h4-13,16H,1-3H3. The van der Waals surface area contributed by atoms with Gasteiger partial charge in [-0.05, 0) is 17.7 Å². The van der Waals surface area contributed by atoms with E-state index in [0.29, 0.717) is 0 Å². The van der Waals surface area contributed by atoms with Crippen LogP contribution >= 0.6 is 0 Å². The van der Waals surface area contributed by atoms with Crippen molar-refractivity contribution in [3.05, 3.63) is 66.2 Å². The molecule has 94 valence electrons. The van der Waals surface area contributed by atoms with Crippen LogP contribution in [0.3, 0.4) is 0 Å². The first-order valence-corrected chi connectivity index (χ1v) is 6.34. The maximum atomic E-state index is 6.16. The van der Waals surface area contributed by atoms with Gasteiger partial charge in [0.15, 0.2) is 0 Å². The van der Waals surface area contributed by atoms with E-state index < -0.39 is 0 Å². The molecule has 1 unspecified atom stereocenters. The minimum absolute atomic E-state index is 0.0528. The zero-order valence-corrected chi connectivity index (χ0v) is 11.3. The Kier molecular flexibility index (Phi) is 3.71. The molecule has 1 atom stereocenters. The maximum Gasteiger partial charge on any atom is 0.128 e. The predicted octanol–water partition coefficient (Wildman–Crippen LogP) is 4.85. The molecule has 0 bridgehead atoms. The Hall–Kier alpha value is -1.76. The van der Waals surface area contributed by atoms with Gasteiger partial charge in [0.2, 0.25) is 0 Å². The molecule has 0 saturated carbocycles. The lowest BCUT2D eigenvalue weighted by Crippen LogP contribution is -2.23. The molecule has 2 aromatic carbocycles. The fourth-order valence-corrected chi connectivity index (χ4v) is 2.01. The molecule has 0 amide bonds. The highest BCUT2D eigenvalue weighted by atomic mass is 16.5. The normalized spacial score (nSPS) is 13.1. The summed E-state index contributed by atoms with van der Waals surface area (Å²) in [5.74, 6) is 0.918. The van der Waals surface area contributed by atoms with E-state index in [1.807, 2.05) is 36.4 Å². The van der Waals surface area contributed by atoms with E-state index in [1.165, 1.54) is 5.56 Å². The Labute approximate surface area is 109 Å².